The summed E-state index contributed by atoms with van der Waals surface area (Å²) in [6, 6.07) is 4.44. The van der Waals surface area contributed by atoms with Gasteiger partial charge in [-0.2, -0.15) is 0 Å². The summed E-state index contributed by atoms with van der Waals surface area (Å²) in [7, 11) is 0. The van der Waals surface area contributed by atoms with Gasteiger partial charge in [-0.3, -0.25) is 9.59 Å². The fourth-order valence-corrected chi connectivity index (χ4v) is 1.31. The van der Waals surface area contributed by atoms with E-state index in [0.717, 1.165) is 0 Å². The summed E-state index contributed by atoms with van der Waals surface area (Å²) in [6.45, 7) is -0.256. The van der Waals surface area contributed by atoms with E-state index in [2.05, 4.69) is 21.2 Å². The largest absolute Gasteiger partial charge is 0.507 e. The van der Waals surface area contributed by atoms with E-state index in [-0.39, 0.29) is 17.9 Å². The van der Waals surface area contributed by atoms with Crippen LogP contribution in [0.1, 0.15) is 10.4 Å². The first-order valence-corrected chi connectivity index (χ1v) is 4.85. The summed E-state index contributed by atoms with van der Waals surface area (Å²) in [4.78, 5) is 21.8. The van der Waals surface area contributed by atoms with Crippen molar-refractivity contribution in [1.82, 2.24) is 5.32 Å². The number of aromatic hydroxyl groups is 1. The van der Waals surface area contributed by atoms with Crippen LogP contribution in [0.4, 0.5) is 0 Å². The van der Waals surface area contributed by atoms with Crippen LogP contribution < -0.4 is 11.1 Å². The molecular weight excluding hydrogens is 264 g/mol. The highest BCUT2D eigenvalue weighted by molar-refractivity contribution is 9.10. The van der Waals surface area contributed by atoms with Crippen LogP contribution in [0, 0.1) is 0 Å². The molecular formula is C9H9BrN2O3. The molecule has 1 rings (SSSR count). The van der Waals surface area contributed by atoms with E-state index in [1.807, 2.05) is 0 Å². The molecule has 2 amide bonds. The Bertz CT molecular complexity index is 406. The number of carbonyl (C=O) groups excluding carboxylic acids is 2. The van der Waals surface area contributed by atoms with Crippen molar-refractivity contribution in [2.45, 2.75) is 0 Å². The lowest BCUT2D eigenvalue weighted by molar-refractivity contribution is -0.117. The number of carbonyl (C=O) groups is 2. The maximum absolute atomic E-state index is 11.4. The molecule has 0 spiro atoms. The Kier molecular flexibility index (Phi) is 3.68. The van der Waals surface area contributed by atoms with Gasteiger partial charge in [-0.25, -0.2) is 0 Å². The maximum atomic E-state index is 11.4. The van der Waals surface area contributed by atoms with E-state index < -0.39 is 11.8 Å². The van der Waals surface area contributed by atoms with E-state index in [9.17, 15) is 14.7 Å². The third-order valence-corrected chi connectivity index (χ3v) is 2.12. The van der Waals surface area contributed by atoms with Crippen molar-refractivity contribution in [2.75, 3.05) is 6.54 Å². The monoisotopic (exact) mass is 272 g/mol. The van der Waals surface area contributed by atoms with Crippen LogP contribution in [0.3, 0.4) is 0 Å². The number of phenols is 1. The Morgan fingerprint density at radius 1 is 1.47 bits per heavy atom. The van der Waals surface area contributed by atoms with Gasteiger partial charge in [0.25, 0.3) is 5.91 Å². The van der Waals surface area contributed by atoms with Gasteiger partial charge in [0.15, 0.2) is 0 Å². The Hall–Kier alpha value is -1.56. The Morgan fingerprint density at radius 2 is 2.13 bits per heavy atom. The van der Waals surface area contributed by atoms with E-state index in [4.69, 9.17) is 5.73 Å². The highest BCUT2D eigenvalue weighted by Gasteiger charge is 2.11. The lowest BCUT2D eigenvalue weighted by Gasteiger charge is -2.05. The highest BCUT2D eigenvalue weighted by atomic mass is 79.9. The molecule has 4 N–H and O–H groups in total. The minimum absolute atomic E-state index is 0.0967. The van der Waals surface area contributed by atoms with Crippen molar-refractivity contribution in [3.05, 3.63) is 28.2 Å². The van der Waals surface area contributed by atoms with Crippen LogP contribution in [0.2, 0.25) is 0 Å². The van der Waals surface area contributed by atoms with Crippen LogP contribution in [0.25, 0.3) is 0 Å². The number of amides is 2. The molecule has 0 bridgehead atoms. The van der Waals surface area contributed by atoms with Gasteiger partial charge in [0.2, 0.25) is 5.91 Å². The van der Waals surface area contributed by atoms with Gasteiger partial charge in [0, 0.05) is 4.47 Å². The smallest absolute Gasteiger partial charge is 0.255 e. The fraction of sp³-hybridized carbons (Fsp3) is 0.111. The SMILES string of the molecule is NC(=O)CNC(=O)c1ccc(Br)cc1O. The zero-order valence-corrected chi connectivity index (χ0v) is 9.24. The second-order valence-corrected chi connectivity index (χ2v) is 3.73. The molecule has 0 saturated heterocycles. The Labute approximate surface area is 94.4 Å². The van der Waals surface area contributed by atoms with E-state index in [0.29, 0.717) is 4.47 Å². The molecule has 0 aliphatic carbocycles. The number of halogens is 1. The minimum Gasteiger partial charge on any atom is -0.507 e. The van der Waals surface area contributed by atoms with Gasteiger partial charge < -0.3 is 16.2 Å². The predicted molar refractivity (Wildman–Crippen MR) is 57.3 cm³/mol. The molecule has 6 heteroatoms. The number of nitrogens with one attached hydrogen (secondary N) is 1. The lowest BCUT2D eigenvalue weighted by atomic mass is 10.2. The first kappa shape index (κ1) is 11.5. The molecule has 0 fully saturated rings. The zero-order valence-electron chi connectivity index (χ0n) is 7.66. The predicted octanol–water partition coefficient (Wildman–Crippen LogP) is 0.370. The zero-order chi connectivity index (χ0) is 11.4. The lowest BCUT2D eigenvalue weighted by Crippen LogP contribution is -2.33. The van der Waals surface area contributed by atoms with E-state index in [1.54, 1.807) is 6.07 Å². The molecule has 0 aliphatic heterocycles. The van der Waals surface area contributed by atoms with Crippen molar-refractivity contribution in [3.8, 4) is 5.75 Å². The number of hydrogen-bond acceptors (Lipinski definition) is 3. The molecule has 0 unspecified atom stereocenters. The molecule has 5 nitrogen and oxygen atoms in total. The molecule has 0 atom stereocenters. The summed E-state index contributed by atoms with van der Waals surface area (Å²) in [6.07, 6.45) is 0. The number of hydrogen-bond donors (Lipinski definition) is 3. The molecule has 1 aromatic carbocycles. The average molecular weight is 273 g/mol. The number of nitrogens with two attached hydrogens (primary N) is 1. The standard InChI is InChI=1S/C9H9BrN2O3/c10-5-1-2-6(7(13)3-5)9(15)12-4-8(11)14/h1-3,13H,4H2,(H2,11,14)(H,12,15). The summed E-state index contributed by atoms with van der Waals surface area (Å²) >= 11 is 3.14. The molecule has 0 heterocycles. The van der Waals surface area contributed by atoms with Crippen LogP contribution >= 0.6 is 15.9 Å². The van der Waals surface area contributed by atoms with Crippen LogP contribution in [-0.2, 0) is 4.79 Å². The first-order valence-electron chi connectivity index (χ1n) is 4.05. The topological polar surface area (TPSA) is 92.4 Å². The molecule has 0 radical (unpaired) electrons. The van der Waals surface area contributed by atoms with Gasteiger partial charge >= 0.3 is 0 Å². The van der Waals surface area contributed by atoms with Crippen LogP contribution in [0.5, 0.6) is 5.75 Å². The third kappa shape index (κ3) is 3.25. The third-order valence-electron chi connectivity index (χ3n) is 1.63. The van der Waals surface area contributed by atoms with Gasteiger partial charge in [0.1, 0.15) is 5.75 Å². The average Bonchev–Trinajstić information content (AvgIpc) is 2.14. The van der Waals surface area contributed by atoms with Crippen LogP contribution in [-0.4, -0.2) is 23.5 Å². The number of phenolic OH excluding ortho intramolecular Hbond substituents is 1. The van der Waals surface area contributed by atoms with E-state index >= 15 is 0 Å². The summed E-state index contributed by atoms with van der Waals surface area (Å²) in [5.41, 5.74) is 4.95. The summed E-state index contributed by atoms with van der Waals surface area (Å²) in [5.74, 6) is -1.34. The second-order valence-electron chi connectivity index (χ2n) is 2.81. The number of benzene rings is 1. The molecule has 80 valence electrons. The van der Waals surface area contributed by atoms with Crippen molar-refractivity contribution in [2.24, 2.45) is 5.73 Å². The fourth-order valence-electron chi connectivity index (χ4n) is 0.959. The summed E-state index contributed by atoms with van der Waals surface area (Å²) < 4.78 is 0.659. The van der Waals surface area contributed by atoms with Gasteiger partial charge in [0.05, 0.1) is 12.1 Å². The Morgan fingerprint density at radius 3 is 2.67 bits per heavy atom. The normalized spacial score (nSPS) is 9.67. The van der Waals surface area contributed by atoms with Crippen molar-refractivity contribution in [1.29, 1.82) is 0 Å². The molecule has 0 aliphatic rings. The molecule has 15 heavy (non-hydrogen) atoms. The van der Waals surface area contributed by atoms with Crippen LogP contribution in [0.15, 0.2) is 22.7 Å². The van der Waals surface area contributed by atoms with Crippen molar-refractivity contribution < 1.29 is 14.7 Å². The molecule has 1 aromatic rings. The molecule has 0 aromatic heterocycles. The summed E-state index contributed by atoms with van der Waals surface area (Å²) in [5, 5.41) is 11.7. The Balaban J connectivity index is 2.78. The van der Waals surface area contributed by atoms with Gasteiger partial charge in [-0.15, -0.1) is 0 Å². The first-order chi connectivity index (χ1) is 7.00. The number of rotatable bonds is 3. The highest BCUT2D eigenvalue weighted by Crippen LogP contribution is 2.21. The second kappa shape index (κ2) is 4.79. The van der Waals surface area contributed by atoms with Gasteiger partial charge in [-0.1, -0.05) is 15.9 Å². The maximum Gasteiger partial charge on any atom is 0.255 e. The van der Waals surface area contributed by atoms with Gasteiger partial charge in [-0.05, 0) is 18.2 Å². The molecule has 0 saturated carbocycles. The van der Waals surface area contributed by atoms with E-state index in [1.165, 1.54) is 12.1 Å². The van der Waals surface area contributed by atoms with Crippen molar-refractivity contribution >= 4 is 27.7 Å². The minimum atomic E-state index is -0.639. The quantitative estimate of drug-likeness (QED) is 0.742. The van der Waals surface area contributed by atoms with Crippen molar-refractivity contribution in [3.63, 3.8) is 0 Å². The number of primary amides is 1.